The van der Waals surface area contributed by atoms with Gasteiger partial charge in [0.15, 0.2) is 0 Å². The number of nitrogens with zero attached hydrogens (tertiary/aromatic N) is 1. The van der Waals surface area contributed by atoms with Gasteiger partial charge in [-0.2, -0.15) is 0 Å². The Morgan fingerprint density at radius 2 is 2.50 bits per heavy atom. The molecule has 0 spiro atoms. The van der Waals surface area contributed by atoms with Crippen LogP contribution in [0, 0.1) is 0 Å². The van der Waals surface area contributed by atoms with Gasteiger partial charge in [0.1, 0.15) is 17.0 Å². The van der Waals surface area contributed by atoms with Crippen molar-refractivity contribution in [1.82, 2.24) is 4.98 Å². The molecule has 12 heavy (non-hydrogen) atoms. The van der Waals surface area contributed by atoms with Crippen LogP contribution in [0.15, 0.2) is 22.9 Å². The minimum atomic E-state index is -0.217. The maximum absolute atomic E-state index is 7.59. The smallest absolute Gasteiger partial charge is 0.123 e. The molecular formula is C8H10BrNO2. The highest BCUT2D eigenvalue weighted by Gasteiger charge is 1.93. The van der Waals surface area contributed by atoms with Gasteiger partial charge in [-0.1, -0.05) is 0 Å². The fourth-order valence-corrected chi connectivity index (χ4v) is 0.849. The van der Waals surface area contributed by atoms with Crippen LogP contribution in [0.3, 0.4) is 0 Å². The van der Waals surface area contributed by atoms with Gasteiger partial charge in [0.25, 0.3) is 0 Å². The minimum absolute atomic E-state index is 0.0212. The third-order valence-corrected chi connectivity index (χ3v) is 1.45. The van der Waals surface area contributed by atoms with Gasteiger partial charge in [0.05, 0.1) is 10.7 Å². The standard InChI is InChI=1S/C8H10BrNO2/c1-11-4-5-12-7-2-3-10-8(9)6-7/h2-3,6H,4-5H2,1H3/i2D,3D,6D. The van der Waals surface area contributed by atoms with E-state index in [1.165, 1.54) is 7.11 Å². The van der Waals surface area contributed by atoms with E-state index in [4.69, 9.17) is 13.6 Å². The second-order valence-corrected chi connectivity index (χ2v) is 2.69. The van der Waals surface area contributed by atoms with Crippen LogP contribution < -0.4 is 4.74 Å². The van der Waals surface area contributed by atoms with E-state index in [1.807, 2.05) is 0 Å². The van der Waals surface area contributed by atoms with Crippen LogP contribution in [0.4, 0.5) is 0 Å². The molecule has 1 heterocycles. The van der Waals surface area contributed by atoms with Crippen LogP contribution in [0.1, 0.15) is 4.11 Å². The molecule has 0 atom stereocenters. The molecule has 1 aromatic heterocycles. The lowest BCUT2D eigenvalue weighted by Crippen LogP contribution is -2.04. The molecule has 0 saturated carbocycles. The highest BCUT2D eigenvalue weighted by atomic mass is 79.9. The molecule has 0 N–H and O–H groups in total. The lowest BCUT2D eigenvalue weighted by atomic mass is 10.4. The summed E-state index contributed by atoms with van der Waals surface area (Å²) in [6.07, 6.45) is -0.217. The number of hydrogen-bond acceptors (Lipinski definition) is 3. The number of hydrogen-bond donors (Lipinski definition) is 0. The summed E-state index contributed by atoms with van der Waals surface area (Å²) in [5, 5.41) is 0. The first-order chi connectivity index (χ1) is 7.07. The zero-order chi connectivity index (χ0) is 11.4. The van der Waals surface area contributed by atoms with Crippen molar-refractivity contribution in [3.8, 4) is 5.75 Å². The van der Waals surface area contributed by atoms with Crippen molar-refractivity contribution in [3.63, 3.8) is 0 Å². The molecule has 0 fully saturated rings. The van der Waals surface area contributed by atoms with Crippen LogP contribution >= 0.6 is 15.9 Å². The number of methoxy groups -OCH3 is 1. The number of rotatable bonds is 4. The molecule has 4 heteroatoms. The molecule has 0 aromatic carbocycles. The Balaban J connectivity index is 2.94. The van der Waals surface area contributed by atoms with E-state index < -0.39 is 0 Å². The summed E-state index contributed by atoms with van der Waals surface area (Å²) < 4.78 is 32.6. The summed E-state index contributed by atoms with van der Waals surface area (Å²) in [6.45, 7) is 0.607. The van der Waals surface area contributed by atoms with Crippen molar-refractivity contribution in [2.45, 2.75) is 0 Å². The van der Waals surface area contributed by atoms with E-state index in [1.54, 1.807) is 0 Å². The van der Waals surface area contributed by atoms with Gasteiger partial charge < -0.3 is 9.47 Å². The van der Waals surface area contributed by atoms with Gasteiger partial charge >= 0.3 is 0 Å². The molecule has 0 unspecified atom stereocenters. The number of halogens is 1. The van der Waals surface area contributed by atoms with Gasteiger partial charge in [0.2, 0.25) is 0 Å². The zero-order valence-electron chi connectivity index (χ0n) is 9.56. The molecule has 0 aliphatic carbocycles. The molecule has 0 saturated heterocycles. The van der Waals surface area contributed by atoms with Crippen LogP contribution in [-0.2, 0) is 4.74 Å². The summed E-state index contributed by atoms with van der Waals surface area (Å²) in [7, 11) is 1.53. The normalized spacial score (nSPS) is 13.3. The second-order valence-electron chi connectivity index (χ2n) is 1.93. The Labute approximate surface area is 84.1 Å². The summed E-state index contributed by atoms with van der Waals surface area (Å²) in [5.74, 6) is 0.0546. The zero-order valence-corrected chi connectivity index (χ0v) is 8.14. The maximum atomic E-state index is 7.59. The topological polar surface area (TPSA) is 31.4 Å². The molecule has 0 amide bonds. The first-order valence-electron chi connectivity index (χ1n) is 4.83. The molecule has 0 aliphatic heterocycles. The van der Waals surface area contributed by atoms with Crippen molar-refractivity contribution < 1.29 is 13.6 Å². The van der Waals surface area contributed by atoms with E-state index in [0.29, 0.717) is 6.61 Å². The van der Waals surface area contributed by atoms with E-state index in [2.05, 4.69) is 20.9 Å². The summed E-state index contributed by atoms with van der Waals surface area (Å²) in [4.78, 5) is 3.66. The van der Waals surface area contributed by atoms with Gasteiger partial charge in [-0.05, 0) is 22.0 Å². The van der Waals surface area contributed by atoms with Crippen LogP contribution in [0.2, 0.25) is 0 Å². The molecular weight excluding hydrogens is 222 g/mol. The van der Waals surface area contributed by atoms with Crippen molar-refractivity contribution in [3.05, 3.63) is 22.9 Å². The Morgan fingerprint density at radius 3 is 3.25 bits per heavy atom. The summed E-state index contributed by atoms with van der Waals surface area (Å²) in [6, 6.07) is -0.202. The SMILES string of the molecule is [2H]c1nc(Br)c([2H])c(OCCOC)c1[2H]. The molecule has 0 radical (unpaired) electrons. The van der Waals surface area contributed by atoms with E-state index >= 15 is 0 Å². The van der Waals surface area contributed by atoms with Gasteiger partial charge in [-0.25, -0.2) is 4.98 Å². The lowest BCUT2D eigenvalue weighted by molar-refractivity contribution is 0.146. The first-order valence-corrected chi connectivity index (χ1v) is 4.12. The van der Waals surface area contributed by atoms with Crippen molar-refractivity contribution in [1.29, 1.82) is 0 Å². The molecule has 0 bridgehead atoms. The van der Waals surface area contributed by atoms with Crippen molar-refractivity contribution in [2.24, 2.45) is 0 Å². The van der Waals surface area contributed by atoms with Gasteiger partial charge in [-0.15, -0.1) is 0 Å². The van der Waals surface area contributed by atoms with Crippen molar-refractivity contribution >= 4 is 15.9 Å². The Hall–Kier alpha value is -0.610. The minimum Gasteiger partial charge on any atom is -0.491 e. The fraction of sp³-hybridized carbons (Fsp3) is 0.375. The fourth-order valence-electron chi connectivity index (χ4n) is 0.580. The summed E-state index contributed by atoms with van der Waals surface area (Å²) in [5.41, 5.74) is 0. The Bertz CT molecular complexity index is 336. The molecule has 0 aliphatic rings. The predicted octanol–water partition coefficient (Wildman–Crippen LogP) is 1.87. The largest absolute Gasteiger partial charge is 0.491 e. The highest BCUT2D eigenvalue weighted by Crippen LogP contribution is 2.14. The summed E-state index contributed by atoms with van der Waals surface area (Å²) >= 11 is 3.03. The van der Waals surface area contributed by atoms with Gasteiger partial charge in [0, 0.05) is 19.3 Å². The average Bonchev–Trinajstić information content (AvgIpc) is 2.20. The Kier molecular flexibility index (Phi) is 2.53. The molecule has 3 nitrogen and oxygen atoms in total. The molecule has 1 rings (SSSR count). The molecule has 66 valence electrons. The Morgan fingerprint density at radius 1 is 1.67 bits per heavy atom. The van der Waals surface area contributed by atoms with Gasteiger partial charge in [-0.3, -0.25) is 0 Å². The number of ether oxygens (including phenoxy) is 2. The third kappa shape index (κ3) is 3.19. The third-order valence-electron chi connectivity index (χ3n) is 1.07. The maximum Gasteiger partial charge on any atom is 0.123 e. The van der Waals surface area contributed by atoms with E-state index in [9.17, 15) is 0 Å². The van der Waals surface area contributed by atoms with Crippen LogP contribution in [0.25, 0.3) is 0 Å². The highest BCUT2D eigenvalue weighted by molar-refractivity contribution is 9.10. The number of pyridine rings is 1. The quantitative estimate of drug-likeness (QED) is 0.589. The van der Waals surface area contributed by atoms with E-state index in [-0.39, 0.29) is 35.2 Å². The van der Waals surface area contributed by atoms with Crippen LogP contribution in [-0.4, -0.2) is 25.3 Å². The van der Waals surface area contributed by atoms with Crippen molar-refractivity contribution in [2.75, 3.05) is 20.3 Å². The average molecular weight is 235 g/mol. The lowest BCUT2D eigenvalue weighted by Gasteiger charge is -2.04. The first kappa shape index (κ1) is 5.94. The van der Waals surface area contributed by atoms with Crippen LogP contribution in [0.5, 0.6) is 5.75 Å². The number of aromatic nitrogens is 1. The van der Waals surface area contributed by atoms with E-state index in [0.717, 1.165) is 0 Å². The predicted molar refractivity (Wildman–Crippen MR) is 49.3 cm³/mol. The monoisotopic (exact) mass is 234 g/mol. The second kappa shape index (κ2) is 5.11. The molecule has 1 aromatic rings.